The third-order valence-electron chi connectivity index (χ3n) is 3.51. The fourth-order valence-electron chi connectivity index (χ4n) is 2.54. The van der Waals surface area contributed by atoms with E-state index >= 15 is 0 Å². The van der Waals surface area contributed by atoms with Gasteiger partial charge in [0, 0.05) is 31.2 Å². The molecule has 94 valence electrons. The van der Waals surface area contributed by atoms with E-state index in [1.165, 1.54) is 23.9 Å². The van der Waals surface area contributed by atoms with Gasteiger partial charge < -0.3 is 5.32 Å². The lowest BCUT2D eigenvalue weighted by Gasteiger charge is -2.19. The maximum absolute atomic E-state index is 4.36. The van der Waals surface area contributed by atoms with Crippen molar-refractivity contribution in [2.75, 3.05) is 26.2 Å². The molecule has 3 nitrogen and oxygen atoms in total. The first kappa shape index (κ1) is 11.6. The highest BCUT2D eigenvalue weighted by Gasteiger charge is 2.09. The summed E-state index contributed by atoms with van der Waals surface area (Å²) in [7, 11) is 0. The van der Waals surface area contributed by atoms with Gasteiger partial charge in [0.1, 0.15) is 0 Å². The highest BCUT2D eigenvalue weighted by molar-refractivity contribution is 5.78. The smallest absolute Gasteiger partial charge is 0.0702 e. The molecule has 0 atom stereocenters. The molecule has 3 rings (SSSR count). The van der Waals surface area contributed by atoms with Crippen molar-refractivity contribution in [3.8, 4) is 0 Å². The lowest BCUT2D eigenvalue weighted by molar-refractivity contribution is 0.284. The van der Waals surface area contributed by atoms with Crippen LogP contribution in [0.25, 0.3) is 10.9 Å². The van der Waals surface area contributed by atoms with E-state index in [4.69, 9.17) is 0 Å². The summed E-state index contributed by atoms with van der Waals surface area (Å²) in [5.74, 6) is 0. The maximum atomic E-state index is 4.36. The number of hydrogen-bond donors (Lipinski definition) is 1. The number of benzene rings is 1. The van der Waals surface area contributed by atoms with E-state index in [0.29, 0.717) is 0 Å². The first-order valence-corrected chi connectivity index (χ1v) is 6.68. The van der Waals surface area contributed by atoms with Crippen molar-refractivity contribution in [2.24, 2.45) is 0 Å². The molecule has 0 saturated carbocycles. The zero-order chi connectivity index (χ0) is 12.2. The summed E-state index contributed by atoms with van der Waals surface area (Å²) in [5, 5.41) is 4.68. The third kappa shape index (κ3) is 2.68. The topological polar surface area (TPSA) is 28.2 Å². The number of fused-ring (bicyclic) bond motifs is 1. The minimum atomic E-state index is 1.05. The van der Waals surface area contributed by atoms with Gasteiger partial charge in [-0.3, -0.25) is 9.88 Å². The molecule has 1 aromatic carbocycles. The van der Waals surface area contributed by atoms with Crippen molar-refractivity contribution in [3.05, 3.63) is 42.1 Å². The fraction of sp³-hybridized carbons (Fsp3) is 0.400. The largest absolute Gasteiger partial charge is 0.315 e. The summed E-state index contributed by atoms with van der Waals surface area (Å²) < 4.78 is 0. The quantitative estimate of drug-likeness (QED) is 0.872. The standard InChI is InChI=1S/C15H19N3/c1-3-14-11-13(4-5-15(14)17-7-1)12-18-9-2-6-16-8-10-18/h1,3-5,7,11,16H,2,6,8-10,12H2. The normalized spacial score (nSPS) is 17.8. The van der Waals surface area contributed by atoms with E-state index < -0.39 is 0 Å². The molecule has 0 radical (unpaired) electrons. The van der Waals surface area contributed by atoms with Crippen LogP contribution in [0.2, 0.25) is 0 Å². The number of hydrogen-bond acceptors (Lipinski definition) is 3. The number of nitrogens with one attached hydrogen (secondary N) is 1. The Morgan fingerprint density at radius 3 is 3.17 bits per heavy atom. The average Bonchev–Trinajstić information content (AvgIpc) is 2.67. The van der Waals surface area contributed by atoms with Crippen LogP contribution in [0.15, 0.2) is 36.5 Å². The molecular formula is C15H19N3. The molecule has 2 aromatic rings. The van der Waals surface area contributed by atoms with Crippen LogP contribution in [0.5, 0.6) is 0 Å². The molecule has 2 heterocycles. The van der Waals surface area contributed by atoms with Crippen LogP contribution in [-0.2, 0) is 6.54 Å². The summed E-state index contributed by atoms with van der Waals surface area (Å²) >= 11 is 0. The first-order chi connectivity index (χ1) is 8.92. The summed E-state index contributed by atoms with van der Waals surface area (Å²) in [4.78, 5) is 6.89. The fourth-order valence-corrected chi connectivity index (χ4v) is 2.54. The lowest BCUT2D eigenvalue weighted by Crippen LogP contribution is -2.27. The predicted octanol–water partition coefficient (Wildman–Crippen LogP) is 2.03. The Morgan fingerprint density at radius 2 is 2.17 bits per heavy atom. The van der Waals surface area contributed by atoms with Crippen molar-refractivity contribution in [1.82, 2.24) is 15.2 Å². The highest BCUT2D eigenvalue weighted by atomic mass is 15.1. The van der Waals surface area contributed by atoms with Crippen molar-refractivity contribution >= 4 is 10.9 Å². The van der Waals surface area contributed by atoms with E-state index in [1.54, 1.807) is 0 Å². The monoisotopic (exact) mass is 241 g/mol. The summed E-state index contributed by atoms with van der Waals surface area (Å²) in [6.07, 6.45) is 3.09. The Balaban J connectivity index is 1.77. The molecule has 0 unspecified atom stereocenters. The Bertz CT molecular complexity index is 516. The van der Waals surface area contributed by atoms with Gasteiger partial charge in [-0.1, -0.05) is 12.1 Å². The molecular weight excluding hydrogens is 222 g/mol. The Kier molecular flexibility index (Phi) is 3.53. The number of aromatic nitrogens is 1. The van der Waals surface area contributed by atoms with E-state index in [-0.39, 0.29) is 0 Å². The molecule has 1 fully saturated rings. The van der Waals surface area contributed by atoms with Crippen molar-refractivity contribution < 1.29 is 0 Å². The molecule has 1 N–H and O–H groups in total. The van der Waals surface area contributed by atoms with Gasteiger partial charge in [0.05, 0.1) is 5.52 Å². The van der Waals surface area contributed by atoms with Crippen LogP contribution in [0.4, 0.5) is 0 Å². The first-order valence-electron chi connectivity index (χ1n) is 6.68. The highest BCUT2D eigenvalue weighted by Crippen LogP contribution is 2.15. The molecule has 0 aliphatic carbocycles. The Hall–Kier alpha value is -1.45. The van der Waals surface area contributed by atoms with Crippen molar-refractivity contribution in [2.45, 2.75) is 13.0 Å². The predicted molar refractivity (Wildman–Crippen MR) is 74.5 cm³/mol. The van der Waals surface area contributed by atoms with Crippen LogP contribution >= 0.6 is 0 Å². The van der Waals surface area contributed by atoms with Gasteiger partial charge in [0.25, 0.3) is 0 Å². The van der Waals surface area contributed by atoms with Crippen molar-refractivity contribution in [1.29, 1.82) is 0 Å². The zero-order valence-corrected chi connectivity index (χ0v) is 10.6. The molecule has 18 heavy (non-hydrogen) atoms. The Labute approximate surface area is 108 Å². The van der Waals surface area contributed by atoms with Gasteiger partial charge in [0.15, 0.2) is 0 Å². The molecule has 0 bridgehead atoms. The zero-order valence-electron chi connectivity index (χ0n) is 10.6. The minimum Gasteiger partial charge on any atom is -0.315 e. The number of nitrogens with zero attached hydrogens (tertiary/aromatic N) is 2. The third-order valence-corrected chi connectivity index (χ3v) is 3.51. The van der Waals surface area contributed by atoms with Gasteiger partial charge in [-0.2, -0.15) is 0 Å². The van der Waals surface area contributed by atoms with E-state index in [9.17, 15) is 0 Å². The van der Waals surface area contributed by atoms with Gasteiger partial charge >= 0.3 is 0 Å². The van der Waals surface area contributed by atoms with E-state index in [0.717, 1.165) is 31.7 Å². The van der Waals surface area contributed by atoms with Gasteiger partial charge in [-0.05, 0) is 43.3 Å². The Morgan fingerprint density at radius 1 is 1.17 bits per heavy atom. The van der Waals surface area contributed by atoms with Crippen LogP contribution in [0, 0.1) is 0 Å². The van der Waals surface area contributed by atoms with Gasteiger partial charge in [0.2, 0.25) is 0 Å². The van der Waals surface area contributed by atoms with Crippen LogP contribution < -0.4 is 5.32 Å². The van der Waals surface area contributed by atoms with Crippen LogP contribution in [0.3, 0.4) is 0 Å². The van der Waals surface area contributed by atoms with E-state index in [1.807, 2.05) is 12.3 Å². The summed E-state index contributed by atoms with van der Waals surface area (Å²) in [5.41, 5.74) is 2.47. The number of pyridine rings is 1. The van der Waals surface area contributed by atoms with Crippen LogP contribution in [0.1, 0.15) is 12.0 Å². The SMILES string of the molecule is c1cnc2ccc(CN3CCCNCC3)cc2c1. The second-order valence-electron chi connectivity index (χ2n) is 4.91. The van der Waals surface area contributed by atoms with E-state index in [2.05, 4.69) is 39.5 Å². The maximum Gasteiger partial charge on any atom is 0.0702 e. The lowest BCUT2D eigenvalue weighted by atomic mass is 10.1. The molecule has 1 aliphatic rings. The molecule has 1 aromatic heterocycles. The molecule has 0 spiro atoms. The van der Waals surface area contributed by atoms with Gasteiger partial charge in [-0.25, -0.2) is 0 Å². The van der Waals surface area contributed by atoms with Gasteiger partial charge in [-0.15, -0.1) is 0 Å². The second kappa shape index (κ2) is 5.46. The van der Waals surface area contributed by atoms with Crippen molar-refractivity contribution in [3.63, 3.8) is 0 Å². The molecule has 0 amide bonds. The summed E-state index contributed by atoms with van der Waals surface area (Å²) in [6, 6.07) is 10.7. The average molecular weight is 241 g/mol. The second-order valence-corrected chi connectivity index (χ2v) is 4.91. The molecule has 3 heteroatoms. The summed E-state index contributed by atoms with van der Waals surface area (Å²) in [6.45, 7) is 5.64. The molecule has 1 saturated heterocycles. The molecule has 1 aliphatic heterocycles. The van der Waals surface area contributed by atoms with Crippen LogP contribution in [-0.4, -0.2) is 36.1 Å². The minimum absolute atomic E-state index is 1.05. The number of rotatable bonds is 2.